The van der Waals surface area contributed by atoms with Gasteiger partial charge in [0.05, 0.1) is 22.9 Å². The maximum atomic E-state index is 13.0. The van der Waals surface area contributed by atoms with Crippen molar-refractivity contribution < 1.29 is 19.1 Å². The third-order valence-corrected chi connectivity index (χ3v) is 7.19. The van der Waals surface area contributed by atoms with E-state index < -0.39 is 5.25 Å². The maximum Gasteiger partial charge on any atom is 0.289 e. The molecule has 5 nitrogen and oxygen atoms in total. The quantitative estimate of drug-likeness (QED) is 0.285. The molecule has 1 aliphatic heterocycles. The van der Waals surface area contributed by atoms with Gasteiger partial charge >= 0.3 is 0 Å². The van der Waals surface area contributed by atoms with Gasteiger partial charge in [-0.25, -0.2) is 0 Å². The van der Waals surface area contributed by atoms with Crippen LogP contribution in [0.4, 0.5) is 4.79 Å². The molecule has 176 valence electrons. The van der Waals surface area contributed by atoms with Gasteiger partial charge in [0.1, 0.15) is 6.61 Å². The van der Waals surface area contributed by atoms with E-state index in [1.807, 2.05) is 61.5 Å². The lowest BCUT2D eigenvalue weighted by Crippen LogP contribution is -2.31. The number of carbonyl (C=O) groups is 2. The van der Waals surface area contributed by atoms with Crippen LogP contribution >= 0.6 is 39.3 Å². The Labute approximate surface area is 216 Å². The zero-order valence-electron chi connectivity index (χ0n) is 18.5. The van der Waals surface area contributed by atoms with Crippen LogP contribution in [-0.2, 0) is 24.4 Å². The predicted molar refractivity (Wildman–Crippen MR) is 139 cm³/mol. The molecule has 1 heterocycles. The first-order valence-electron chi connectivity index (χ1n) is 10.8. The van der Waals surface area contributed by atoms with Gasteiger partial charge in [0, 0.05) is 5.02 Å². The number of benzene rings is 3. The molecule has 0 N–H and O–H groups in total. The largest absolute Gasteiger partial charge is 0.490 e. The first-order chi connectivity index (χ1) is 16.4. The summed E-state index contributed by atoms with van der Waals surface area (Å²) in [6, 6.07) is 20.8. The van der Waals surface area contributed by atoms with Crippen molar-refractivity contribution in [2.45, 2.75) is 31.7 Å². The van der Waals surface area contributed by atoms with Crippen molar-refractivity contribution in [1.82, 2.24) is 4.90 Å². The molecule has 1 atom stereocenters. The second kappa shape index (κ2) is 11.3. The van der Waals surface area contributed by atoms with Crippen molar-refractivity contribution in [3.8, 4) is 11.5 Å². The van der Waals surface area contributed by atoms with Crippen LogP contribution in [0.25, 0.3) is 0 Å². The molecule has 0 aliphatic carbocycles. The van der Waals surface area contributed by atoms with Gasteiger partial charge in [0.2, 0.25) is 5.91 Å². The third-order valence-electron chi connectivity index (χ3n) is 5.28. The van der Waals surface area contributed by atoms with Crippen LogP contribution in [-0.4, -0.2) is 27.9 Å². The Kier molecular flexibility index (Phi) is 8.19. The lowest BCUT2D eigenvalue weighted by atomic mass is 10.1. The Balaban J connectivity index is 1.47. The minimum Gasteiger partial charge on any atom is -0.490 e. The van der Waals surface area contributed by atoms with Crippen LogP contribution in [0.1, 0.15) is 23.6 Å². The first kappa shape index (κ1) is 24.6. The Hall–Kier alpha value is -2.48. The van der Waals surface area contributed by atoms with E-state index in [1.165, 1.54) is 4.90 Å². The van der Waals surface area contributed by atoms with E-state index >= 15 is 0 Å². The summed E-state index contributed by atoms with van der Waals surface area (Å²) in [5.74, 6) is 1.02. The van der Waals surface area contributed by atoms with E-state index in [0.717, 1.165) is 32.9 Å². The number of rotatable bonds is 9. The molecule has 0 saturated carbocycles. The van der Waals surface area contributed by atoms with Crippen molar-refractivity contribution >= 4 is 50.4 Å². The Morgan fingerprint density at radius 1 is 0.971 bits per heavy atom. The molecule has 2 amide bonds. The normalized spacial score (nSPS) is 15.6. The minimum atomic E-state index is -0.489. The number of hydrogen-bond donors (Lipinski definition) is 0. The van der Waals surface area contributed by atoms with Crippen LogP contribution in [0.15, 0.2) is 71.2 Å². The molecule has 8 heteroatoms. The number of imide groups is 1. The fourth-order valence-corrected chi connectivity index (χ4v) is 5.39. The number of hydrogen-bond acceptors (Lipinski definition) is 5. The highest BCUT2D eigenvalue weighted by Crippen LogP contribution is 2.39. The van der Waals surface area contributed by atoms with Crippen molar-refractivity contribution in [3.05, 3.63) is 92.9 Å². The van der Waals surface area contributed by atoms with E-state index in [-0.39, 0.29) is 17.7 Å². The van der Waals surface area contributed by atoms with Crippen molar-refractivity contribution in [1.29, 1.82) is 0 Å². The molecule has 0 bridgehead atoms. The lowest BCUT2D eigenvalue weighted by Gasteiger charge is -2.17. The lowest BCUT2D eigenvalue weighted by molar-refractivity contribution is -0.127. The third kappa shape index (κ3) is 5.95. The predicted octanol–water partition coefficient (Wildman–Crippen LogP) is 6.89. The van der Waals surface area contributed by atoms with Gasteiger partial charge in [-0.3, -0.25) is 14.5 Å². The number of carbonyl (C=O) groups excluding carboxylic acids is 2. The zero-order chi connectivity index (χ0) is 24.1. The topological polar surface area (TPSA) is 55.8 Å². The van der Waals surface area contributed by atoms with Crippen LogP contribution < -0.4 is 9.47 Å². The fourth-order valence-electron chi connectivity index (χ4n) is 3.63. The Bertz CT molecular complexity index is 1170. The number of halogens is 2. The van der Waals surface area contributed by atoms with Crippen LogP contribution in [0.3, 0.4) is 0 Å². The smallest absolute Gasteiger partial charge is 0.289 e. The zero-order valence-corrected chi connectivity index (χ0v) is 21.7. The number of nitrogens with zero attached hydrogens (tertiary/aromatic N) is 1. The average Bonchev–Trinajstić information content (AvgIpc) is 3.08. The molecule has 3 aromatic carbocycles. The molecule has 1 fully saturated rings. The summed E-state index contributed by atoms with van der Waals surface area (Å²) in [4.78, 5) is 26.9. The molecule has 0 aromatic heterocycles. The summed E-state index contributed by atoms with van der Waals surface area (Å²) in [6.07, 6.45) is 0.407. The average molecular weight is 561 g/mol. The molecule has 1 aliphatic rings. The van der Waals surface area contributed by atoms with E-state index in [4.69, 9.17) is 21.1 Å². The molecule has 1 saturated heterocycles. The van der Waals surface area contributed by atoms with Crippen LogP contribution in [0.2, 0.25) is 5.02 Å². The summed E-state index contributed by atoms with van der Waals surface area (Å²) in [5, 5.41) is -0.115. The second-order valence-electron chi connectivity index (χ2n) is 7.74. The number of ether oxygens (including phenoxy) is 2. The Morgan fingerprint density at radius 2 is 1.71 bits per heavy atom. The molecule has 0 radical (unpaired) electrons. The molecule has 0 unspecified atom stereocenters. The van der Waals surface area contributed by atoms with Gasteiger partial charge in [0.25, 0.3) is 5.24 Å². The highest BCUT2D eigenvalue weighted by atomic mass is 79.9. The van der Waals surface area contributed by atoms with E-state index in [2.05, 4.69) is 15.9 Å². The van der Waals surface area contributed by atoms with Gasteiger partial charge in [-0.15, -0.1) is 0 Å². The molecular formula is C26H23BrClNO4S. The molecule has 0 spiro atoms. The number of amides is 2. The number of thioether (sulfide) groups is 1. The first-order valence-corrected chi connectivity index (χ1v) is 12.9. The van der Waals surface area contributed by atoms with E-state index in [0.29, 0.717) is 36.2 Å². The minimum absolute atomic E-state index is 0.191. The second-order valence-corrected chi connectivity index (χ2v) is 10.2. The van der Waals surface area contributed by atoms with Crippen molar-refractivity contribution in [3.63, 3.8) is 0 Å². The van der Waals surface area contributed by atoms with E-state index in [9.17, 15) is 9.59 Å². The van der Waals surface area contributed by atoms with Crippen molar-refractivity contribution in [2.75, 3.05) is 6.61 Å². The summed E-state index contributed by atoms with van der Waals surface area (Å²) in [6.45, 7) is 3.02. The van der Waals surface area contributed by atoms with E-state index in [1.54, 1.807) is 12.1 Å². The van der Waals surface area contributed by atoms with Crippen LogP contribution in [0.5, 0.6) is 11.5 Å². The molecule has 4 rings (SSSR count). The summed E-state index contributed by atoms with van der Waals surface area (Å²) in [7, 11) is 0. The van der Waals surface area contributed by atoms with Crippen LogP contribution in [0, 0.1) is 0 Å². The van der Waals surface area contributed by atoms with Gasteiger partial charge in [-0.05, 0) is 70.2 Å². The maximum absolute atomic E-state index is 13.0. The fraction of sp³-hybridized carbons (Fsp3) is 0.231. The van der Waals surface area contributed by atoms with Gasteiger partial charge in [-0.1, -0.05) is 65.8 Å². The summed E-state index contributed by atoms with van der Waals surface area (Å²) >= 11 is 10.6. The Morgan fingerprint density at radius 3 is 2.41 bits per heavy atom. The molecule has 3 aromatic rings. The standard InChI is InChI=1S/C26H23BrClNO4S/c1-2-32-22-13-19(12-21(27)24(22)33-16-18-6-4-3-5-7-18)14-23-25(30)29(26(31)34-23)15-17-8-10-20(28)11-9-17/h3-13,23H,2,14-16H2,1H3/t23-/m1/s1. The molecular weight excluding hydrogens is 538 g/mol. The summed E-state index contributed by atoms with van der Waals surface area (Å²) < 4.78 is 12.6. The monoisotopic (exact) mass is 559 g/mol. The van der Waals surface area contributed by atoms with Crippen molar-refractivity contribution in [2.24, 2.45) is 0 Å². The SMILES string of the molecule is CCOc1cc(C[C@H]2SC(=O)N(Cc3ccc(Cl)cc3)C2=O)cc(Br)c1OCc1ccccc1. The highest BCUT2D eigenvalue weighted by molar-refractivity contribution is 9.10. The van der Waals surface area contributed by atoms with Gasteiger partial charge < -0.3 is 9.47 Å². The van der Waals surface area contributed by atoms with Gasteiger partial charge in [-0.2, -0.15) is 0 Å². The summed E-state index contributed by atoms with van der Waals surface area (Å²) in [5.41, 5.74) is 2.79. The highest BCUT2D eigenvalue weighted by Gasteiger charge is 2.39. The molecule has 34 heavy (non-hydrogen) atoms. The van der Waals surface area contributed by atoms with Gasteiger partial charge in [0.15, 0.2) is 11.5 Å².